The lowest BCUT2D eigenvalue weighted by molar-refractivity contribution is 0.388. The Balaban J connectivity index is 2.43. The normalized spacial score (nSPS) is 20.0. The molecule has 0 radical (unpaired) electrons. The molecule has 1 fully saturated rings. The molecule has 0 aliphatic carbocycles. The molecule has 0 aromatic heterocycles. The van der Waals surface area contributed by atoms with Crippen LogP contribution in [0.2, 0.25) is 0 Å². The second kappa shape index (κ2) is 5.24. The third kappa shape index (κ3) is 2.97. The molecule has 1 aliphatic heterocycles. The molecule has 1 aliphatic rings. The fourth-order valence-electron chi connectivity index (χ4n) is 2.35. The number of nitrogens with two attached hydrogens (primary N) is 1. The van der Waals surface area contributed by atoms with E-state index in [1.807, 2.05) is 25.6 Å². The van der Waals surface area contributed by atoms with E-state index in [9.17, 15) is 8.42 Å². The van der Waals surface area contributed by atoms with E-state index in [0.717, 1.165) is 16.9 Å². The average Bonchev–Trinajstić information content (AvgIpc) is 2.32. The maximum absolute atomic E-state index is 12.8. The molecule has 6 heteroatoms. The fourth-order valence-corrected chi connectivity index (χ4v) is 5.45. The predicted octanol–water partition coefficient (Wildman–Crippen LogP) is 2.40. The Morgan fingerprint density at radius 3 is 2.45 bits per heavy atom. The lowest BCUT2D eigenvalue weighted by atomic mass is 10.1. The maximum Gasteiger partial charge on any atom is 0.245 e. The van der Waals surface area contributed by atoms with Gasteiger partial charge in [-0.1, -0.05) is 0 Å². The summed E-state index contributed by atoms with van der Waals surface area (Å²) in [6.45, 7) is 9.05. The molecule has 0 spiro atoms. The van der Waals surface area contributed by atoms with Crippen LogP contribution in [0, 0.1) is 13.8 Å². The number of thioether (sulfide) groups is 1. The van der Waals surface area contributed by atoms with Gasteiger partial charge in [0.1, 0.15) is 4.90 Å². The van der Waals surface area contributed by atoms with Crippen LogP contribution in [0.1, 0.15) is 25.0 Å². The molecular formula is C14H22N2O2S2. The first-order valence-corrected chi connectivity index (χ1v) is 9.07. The van der Waals surface area contributed by atoms with Crippen LogP contribution in [0.5, 0.6) is 0 Å². The molecule has 1 aromatic carbocycles. The summed E-state index contributed by atoms with van der Waals surface area (Å²) in [6, 6.07) is 3.43. The maximum atomic E-state index is 12.8. The van der Waals surface area contributed by atoms with Gasteiger partial charge in [0.05, 0.1) is 5.69 Å². The second-order valence-electron chi connectivity index (χ2n) is 5.92. The number of anilines is 1. The van der Waals surface area contributed by atoms with Gasteiger partial charge in [0.25, 0.3) is 0 Å². The number of benzene rings is 1. The lowest BCUT2D eigenvalue weighted by Gasteiger charge is -2.36. The topological polar surface area (TPSA) is 63.4 Å². The first-order chi connectivity index (χ1) is 9.13. The molecule has 20 heavy (non-hydrogen) atoms. The molecule has 112 valence electrons. The van der Waals surface area contributed by atoms with Crippen molar-refractivity contribution in [2.45, 2.75) is 37.3 Å². The van der Waals surface area contributed by atoms with Gasteiger partial charge in [0.2, 0.25) is 10.0 Å². The molecule has 0 unspecified atom stereocenters. The summed E-state index contributed by atoms with van der Waals surface area (Å²) in [4.78, 5) is 0.239. The Hall–Kier alpha value is -0.720. The minimum absolute atomic E-state index is 0.0557. The van der Waals surface area contributed by atoms with Gasteiger partial charge in [-0.25, -0.2) is 8.42 Å². The van der Waals surface area contributed by atoms with E-state index in [1.54, 1.807) is 16.4 Å². The molecular weight excluding hydrogens is 292 g/mol. The van der Waals surface area contributed by atoms with Crippen molar-refractivity contribution in [3.63, 3.8) is 0 Å². The Morgan fingerprint density at radius 1 is 1.25 bits per heavy atom. The average molecular weight is 314 g/mol. The van der Waals surface area contributed by atoms with E-state index in [2.05, 4.69) is 13.8 Å². The van der Waals surface area contributed by atoms with E-state index in [-0.39, 0.29) is 9.64 Å². The number of rotatable bonds is 2. The standard InChI is InChI=1S/C14H22N2O2S2/c1-10-7-12(15)13(8-11(10)2)20(17,18)16-5-6-19-14(3,4)9-16/h7-8H,5-6,9,15H2,1-4H3. The van der Waals surface area contributed by atoms with Crippen molar-refractivity contribution in [2.75, 3.05) is 24.6 Å². The smallest absolute Gasteiger partial charge is 0.245 e. The van der Waals surface area contributed by atoms with Gasteiger partial charge in [-0.3, -0.25) is 0 Å². The highest BCUT2D eigenvalue weighted by atomic mass is 32.2. The van der Waals surface area contributed by atoms with E-state index in [4.69, 9.17) is 5.73 Å². The summed E-state index contributed by atoms with van der Waals surface area (Å²) >= 11 is 1.81. The first kappa shape index (κ1) is 15.7. The highest BCUT2D eigenvalue weighted by Gasteiger charge is 2.35. The summed E-state index contributed by atoms with van der Waals surface area (Å²) in [5, 5.41) is 0. The Kier molecular flexibility index (Phi) is 4.10. The monoisotopic (exact) mass is 314 g/mol. The van der Waals surface area contributed by atoms with Crippen LogP contribution in [0.15, 0.2) is 17.0 Å². The SMILES string of the molecule is Cc1cc(N)c(S(=O)(=O)N2CCSC(C)(C)C2)cc1C. The molecule has 2 N–H and O–H groups in total. The van der Waals surface area contributed by atoms with Crippen molar-refractivity contribution in [3.8, 4) is 0 Å². The first-order valence-electron chi connectivity index (χ1n) is 6.64. The second-order valence-corrected chi connectivity index (χ2v) is 9.63. The third-order valence-corrected chi connectivity index (χ3v) is 6.83. The van der Waals surface area contributed by atoms with E-state index < -0.39 is 10.0 Å². The van der Waals surface area contributed by atoms with Crippen LogP contribution in [0.4, 0.5) is 5.69 Å². The Morgan fingerprint density at radius 2 is 1.85 bits per heavy atom. The van der Waals surface area contributed by atoms with E-state index in [0.29, 0.717) is 18.8 Å². The highest BCUT2D eigenvalue weighted by Crippen LogP contribution is 2.34. The number of hydrogen-bond donors (Lipinski definition) is 1. The Labute approximate surface area is 125 Å². The van der Waals surface area contributed by atoms with Gasteiger partial charge in [-0.2, -0.15) is 16.1 Å². The zero-order chi connectivity index (χ0) is 15.1. The number of nitrogen functional groups attached to an aromatic ring is 1. The summed E-state index contributed by atoms with van der Waals surface area (Å²) in [7, 11) is -3.51. The van der Waals surface area contributed by atoms with Crippen LogP contribution in [-0.4, -0.2) is 36.3 Å². The van der Waals surface area contributed by atoms with E-state index >= 15 is 0 Å². The number of nitrogens with zero attached hydrogens (tertiary/aromatic N) is 1. The van der Waals surface area contributed by atoms with Gasteiger partial charge < -0.3 is 5.73 Å². The lowest BCUT2D eigenvalue weighted by Crippen LogP contribution is -2.46. The quantitative estimate of drug-likeness (QED) is 0.852. The number of aryl methyl sites for hydroxylation is 2. The molecule has 0 atom stereocenters. The van der Waals surface area contributed by atoms with Gasteiger partial charge in [0.15, 0.2) is 0 Å². The van der Waals surface area contributed by atoms with Crippen LogP contribution < -0.4 is 5.73 Å². The highest BCUT2D eigenvalue weighted by molar-refractivity contribution is 8.00. The van der Waals surface area contributed by atoms with Crippen LogP contribution in [0.3, 0.4) is 0 Å². The summed E-state index contributed by atoms with van der Waals surface area (Å²) < 4.78 is 27.1. The van der Waals surface area contributed by atoms with Crippen molar-refractivity contribution >= 4 is 27.5 Å². The Bertz CT molecular complexity index is 624. The van der Waals surface area contributed by atoms with Gasteiger partial charge in [0, 0.05) is 23.6 Å². The number of sulfonamides is 1. The molecule has 1 saturated heterocycles. The van der Waals surface area contributed by atoms with E-state index in [1.165, 1.54) is 0 Å². The molecule has 1 heterocycles. The minimum atomic E-state index is -3.51. The fraction of sp³-hybridized carbons (Fsp3) is 0.571. The molecule has 0 amide bonds. The zero-order valence-electron chi connectivity index (χ0n) is 12.4. The van der Waals surface area contributed by atoms with Crippen LogP contribution in [-0.2, 0) is 10.0 Å². The number of hydrogen-bond acceptors (Lipinski definition) is 4. The van der Waals surface area contributed by atoms with Crippen LogP contribution in [0.25, 0.3) is 0 Å². The van der Waals surface area contributed by atoms with Crippen molar-refractivity contribution < 1.29 is 8.42 Å². The van der Waals surface area contributed by atoms with Crippen molar-refractivity contribution in [1.82, 2.24) is 4.31 Å². The molecule has 0 saturated carbocycles. The molecule has 0 bridgehead atoms. The predicted molar refractivity (Wildman–Crippen MR) is 85.6 cm³/mol. The zero-order valence-corrected chi connectivity index (χ0v) is 14.1. The third-order valence-electron chi connectivity index (χ3n) is 3.63. The van der Waals surface area contributed by atoms with Crippen molar-refractivity contribution in [1.29, 1.82) is 0 Å². The summed E-state index contributed by atoms with van der Waals surface area (Å²) in [6.07, 6.45) is 0. The van der Waals surface area contributed by atoms with Gasteiger partial charge in [-0.15, -0.1) is 0 Å². The van der Waals surface area contributed by atoms with Crippen molar-refractivity contribution in [2.24, 2.45) is 0 Å². The van der Waals surface area contributed by atoms with Gasteiger partial charge in [-0.05, 0) is 51.0 Å². The summed E-state index contributed by atoms with van der Waals surface area (Å²) in [5.74, 6) is 0.816. The minimum Gasteiger partial charge on any atom is -0.398 e. The molecule has 4 nitrogen and oxygen atoms in total. The van der Waals surface area contributed by atoms with Crippen LogP contribution >= 0.6 is 11.8 Å². The molecule has 1 aromatic rings. The van der Waals surface area contributed by atoms with Crippen molar-refractivity contribution in [3.05, 3.63) is 23.3 Å². The van der Waals surface area contributed by atoms with Gasteiger partial charge >= 0.3 is 0 Å². The summed E-state index contributed by atoms with van der Waals surface area (Å²) in [5.41, 5.74) is 8.23. The molecule has 2 rings (SSSR count). The largest absolute Gasteiger partial charge is 0.398 e.